The van der Waals surface area contributed by atoms with Gasteiger partial charge in [-0.1, -0.05) is 0 Å². The zero-order valence-corrected chi connectivity index (χ0v) is 14.5. The van der Waals surface area contributed by atoms with Crippen molar-refractivity contribution < 1.29 is 24.5 Å². The van der Waals surface area contributed by atoms with E-state index < -0.39 is 46.4 Å². The van der Waals surface area contributed by atoms with E-state index in [0.29, 0.717) is 0 Å². The molecular formula is C14H21N5O6S. The molecule has 0 radical (unpaired) electrons. The molecule has 2 unspecified atom stereocenters. The lowest BCUT2D eigenvalue weighted by molar-refractivity contribution is -0.146. The van der Waals surface area contributed by atoms with Gasteiger partial charge in [-0.3, -0.25) is 14.2 Å². The second kappa shape index (κ2) is 8.49. The third-order valence-corrected chi connectivity index (χ3v) is 5.41. The molecule has 1 amide bonds. The van der Waals surface area contributed by atoms with Crippen molar-refractivity contribution in [3.63, 3.8) is 0 Å². The van der Waals surface area contributed by atoms with Crippen LogP contribution in [0.1, 0.15) is 18.2 Å². The predicted molar refractivity (Wildman–Crippen MR) is 92.7 cm³/mol. The summed E-state index contributed by atoms with van der Waals surface area (Å²) >= 11 is 1.06. The van der Waals surface area contributed by atoms with Crippen LogP contribution in [0.4, 0.5) is 5.82 Å². The van der Waals surface area contributed by atoms with Crippen LogP contribution in [-0.4, -0.2) is 61.7 Å². The van der Waals surface area contributed by atoms with Crippen molar-refractivity contribution in [2.75, 3.05) is 12.3 Å². The number of nitrogens with zero attached hydrogens (tertiary/aromatic N) is 2. The van der Waals surface area contributed by atoms with Gasteiger partial charge in [-0.05, 0) is 12.5 Å². The second-order valence-corrected chi connectivity index (χ2v) is 7.19. The van der Waals surface area contributed by atoms with Gasteiger partial charge in [0, 0.05) is 12.6 Å². The maximum absolute atomic E-state index is 11.9. The van der Waals surface area contributed by atoms with Gasteiger partial charge in [0.15, 0.2) is 0 Å². The topological polar surface area (TPSA) is 197 Å². The summed E-state index contributed by atoms with van der Waals surface area (Å²) in [7, 11) is 0. The first-order valence-corrected chi connectivity index (χ1v) is 8.71. The SMILES string of the molecule is NC(=O)CC[C@H](N)C(=O)OC[C@H]1S[C@@H](n2ccc(N)nc2=O)C(O)C1O. The summed E-state index contributed by atoms with van der Waals surface area (Å²) in [5.41, 5.74) is 15.3. The summed E-state index contributed by atoms with van der Waals surface area (Å²) in [6.45, 7) is -0.223. The Morgan fingerprint density at radius 2 is 2.08 bits per heavy atom. The first-order chi connectivity index (χ1) is 12.2. The number of carbonyl (C=O) groups is 2. The van der Waals surface area contributed by atoms with Crippen LogP contribution in [-0.2, 0) is 14.3 Å². The van der Waals surface area contributed by atoms with E-state index in [1.54, 1.807) is 0 Å². The summed E-state index contributed by atoms with van der Waals surface area (Å²) in [6, 6.07) is 0.377. The number of nitrogens with two attached hydrogens (primary N) is 3. The van der Waals surface area contributed by atoms with Crippen LogP contribution < -0.4 is 22.9 Å². The van der Waals surface area contributed by atoms with Crippen LogP contribution in [0.25, 0.3) is 0 Å². The van der Waals surface area contributed by atoms with E-state index in [1.165, 1.54) is 12.3 Å². The van der Waals surface area contributed by atoms with Crippen LogP contribution in [0.2, 0.25) is 0 Å². The van der Waals surface area contributed by atoms with E-state index >= 15 is 0 Å². The molecule has 2 heterocycles. The smallest absolute Gasteiger partial charge is 0.350 e. The number of nitrogen functional groups attached to an aromatic ring is 1. The first-order valence-electron chi connectivity index (χ1n) is 7.77. The van der Waals surface area contributed by atoms with Crippen LogP contribution in [0.3, 0.4) is 0 Å². The average molecular weight is 387 g/mol. The third-order valence-electron chi connectivity index (χ3n) is 3.86. The number of aliphatic hydroxyl groups excluding tert-OH is 2. The standard InChI is InChI=1S/C14H21N5O6S/c15-6(1-2-9(17)20)13(23)25-5-7-10(21)11(22)12(26-7)19-4-3-8(16)18-14(19)24/h3-4,6-7,10-12,21-22H,1-2,5,15H2,(H2,17,20)(H2,16,18,24)/t6-,7+,10?,11?,12+/m0/s1. The van der Waals surface area contributed by atoms with Crippen molar-refractivity contribution in [2.24, 2.45) is 11.5 Å². The fourth-order valence-corrected chi connectivity index (χ4v) is 3.84. The van der Waals surface area contributed by atoms with E-state index in [-0.39, 0.29) is 25.3 Å². The molecule has 5 atom stereocenters. The Morgan fingerprint density at radius 3 is 2.69 bits per heavy atom. The maximum atomic E-state index is 11.9. The average Bonchev–Trinajstić information content (AvgIpc) is 2.85. The Balaban J connectivity index is 1.96. The molecule has 0 aliphatic carbocycles. The maximum Gasteiger partial charge on any atom is 0.350 e. The lowest BCUT2D eigenvalue weighted by Crippen LogP contribution is -2.38. The van der Waals surface area contributed by atoms with Crippen molar-refractivity contribution >= 4 is 29.5 Å². The van der Waals surface area contributed by atoms with E-state index in [9.17, 15) is 24.6 Å². The van der Waals surface area contributed by atoms with Gasteiger partial charge < -0.3 is 32.2 Å². The number of amides is 1. The fraction of sp³-hybridized carbons (Fsp3) is 0.571. The Labute approximate surface area is 152 Å². The minimum atomic E-state index is -1.27. The summed E-state index contributed by atoms with van der Waals surface area (Å²) < 4.78 is 6.19. The largest absolute Gasteiger partial charge is 0.463 e. The third kappa shape index (κ3) is 4.72. The molecule has 1 aromatic rings. The Hall–Kier alpha value is -2.15. The first kappa shape index (κ1) is 20.2. The summed E-state index contributed by atoms with van der Waals surface area (Å²) in [5.74, 6) is -1.29. The van der Waals surface area contributed by atoms with Gasteiger partial charge in [0.2, 0.25) is 5.91 Å². The Morgan fingerprint density at radius 1 is 1.38 bits per heavy atom. The van der Waals surface area contributed by atoms with Gasteiger partial charge in [-0.2, -0.15) is 4.98 Å². The molecule has 0 aromatic carbocycles. The molecule has 0 saturated carbocycles. The molecule has 8 N–H and O–H groups in total. The Bertz CT molecular complexity index is 728. The number of esters is 1. The summed E-state index contributed by atoms with van der Waals surface area (Å²) in [4.78, 5) is 38.0. The molecule has 1 fully saturated rings. The molecular weight excluding hydrogens is 366 g/mol. The number of thioether (sulfide) groups is 1. The molecule has 26 heavy (non-hydrogen) atoms. The number of aromatic nitrogens is 2. The molecule has 1 aliphatic rings. The normalized spacial score (nSPS) is 26.4. The van der Waals surface area contributed by atoms with Gasteiger partial charge >= 0.3 is 11.7 Å². The van der Waals surface area contributed by atoms with Crippen LogP contribution in [0.5, 0.6) is 0 Å². The quantitative estimate of drug-likeness (QED) is 0.307. The number of hydrogen-bond acceptors (Lipinski definition) is 10. The highest BCUT2D eigenvalue weighted by atomic mass is 32.2. The summed E-state index contributed by atoms with van der Waals surface area (Å²) in [5, 5.41) is 18.9. The van der Waals surface area contributed by atoms with Gasteiger partial charge in [0.05, 0.1) is 11.4 Å². The zero-order chi connectivity index (χ0) is 19.4. The van der Waals surface area contributed by atoms with Crippen LogP contribution in [0, 0.1) is 0 Å². The minimum Gasteiger partial charge on any atom is -0.463 e. The second-order valence-electron chi connectivity index (χ2n) is 5.83. The van der Waals surface area contributed by atoms with Crippen LogP contribution in [0.15, 0.2) is 17.1 Å². The monoisotopic (exact) mass is 387 g/mol. The number of primary amides is 1. The van der Waals surface area contributed by atoms with Gasteiger partial charge in [-0.15, -0.1) is 11.8 Å². The number of carbonyl (C=O) groups excluding carboxylic acids is 2. The van der Waals surface area contributed by atoms with E-state index in [2.05, 4.69) is 4.98 Å². The molecule has 1 aromatic heterocycles. The molecule has 2 rings (SSSR count). The summed E-state index contributed by atoms with van der Waals surface area (Å²) in [6.07, 6.45) is -1.14. The molecule has 1 saturated heterocycles. The number of aliphatic hydroxyl groups is 2. The molecule has 12 heteroatoms. The lowest BCUT2D eigenvalue weighted by Gasteiger charge is -2.17. The molecule has 0 bridgehead atoms. The van der Waals surface area contributed by atoms with Crippen LogP contribution >= 0.6 is 11.8 Å². The molecule has 1 aliphatic heterocycles. The highest BCUT2D eigenvalue weighted by Gasteiger charge is 2.44. The number of ether oxygens (including phenoxy) is 1. The number of anilines is 1. The predicted octanol–water partition coefficient (Wildman–Crippen LogP) is -2.70. The van der Waals surface area contributed by atoms with Crippen molar-refractivity contribution in [3.8, 4) is 0 Å². The lowest BCUT2D eigenvalue weighted by atomic mass is 10.1. The highest BCUT2D eigenvalue weighted by molar-refractivity contribution is 8.00. The Kier molecular flexibility index (Phi) is 6.58. The van der Waals surface area contributed by atoms with Gasteiger partial charge in [0.25, 0.3) is 0 Å². The van der Waals surface area contributed by atoms with Crippen molar-refractivity contribution in [2.45, 2.75) is 41.7 Å². The molecule has 0 spiro atoms. The minimum absolute atomic E-state index is 0.0414. The fourth-order valence-electron chi connectivity index (χ4n) is 2.40. The van der Waals surface area contributed by atoms with E-state index in [0.717, 1.165) is 16.3 Å². The van der Waals surface area contributed by atoms with E-state index in [4.69, 9.17) is 21.9 Å². The molecule has 144 valence electrons. The molecule has 11 nitrogen and oxygen atoms in total. The van der Waals surface area contributed by atoms with Crippen molar-refractivity contribution in [1.29, 1.82) is 0 Å². The van der Waals surface area contributed by atoms with Crippen molar-refractivity contribution in [1.82, 2.24) is 9.55 Å². The van der Waals surface area contributed by atoms with Crippen molar-refractivity contribution in [3.05, 3.63) is 22.7 Å². The van der Waals surface area contributed by atoms with Gasteiger partial charge in [0.1, 0.15) is 29.9 Å². The van der Waals surface area contributed by atoms with E-state index in [1.807, 2.05) is 0 Å². The van der Waals surface area contributed by atoms with Gasteiger partial charge in [-0.25, -0.2) is 4.79 Å². The zero-order valence-electron chi connectivity index (χ0n) is 13.7. The number of hydrogen-bond donors (Lipinski definition) is 5. The highest BCUT2D eigenvalue weighted by Crippen LogP contribution is 2.41. The number of rotatable bonds is 7.